The molecule has 0 aliphatic carbocycles. The van der Waals surface area contributed by atoms with Gasteiger partial charge in [0.15, 0.2) is 6.10 Å². The number of carbonyl (C=O) groups excluding carboxylic acids is 3. The lowest BCUT2D eigenvalue weighted by atomic mass is 9.97. The van der Waals surface area contributed by atoms with E-state index in [1.54, 1.807) is 36.4 Å². The van der Waals surface area contributed by atoms with Crippen LogP contribution in [0.15, 0.2) is 83.7 Å². The Morgan fingerprint density at radius 3 is 2.17 bits per heavy atom. The van der Waals surface area contributed by atoms with Crippen LogP contribution < -0.4 is 16.6 Å². The third kappa shape index (κ3) is 4.54. The van der Waals surface area contributed by atoms with Crippen molar-refractivity contribution in [1.29, 1.82) is 0 Å². The molecule has 4 rings (SSSR count). The van der Waals surface area contributed by atoms with Gasteiger partial charge in [-0.15, -0.1) is 0 Å². The van der Waals surface area contributed by atoms with Crippen LogP contribution in [0, 0.1) is 0 Å². The number of hydrogen-bond acceptors (Lipinski definition) is 5. The van der Waals surface area contributed by atoms with Crippen molar-refractivity contribution in [3.8, 4) is 11.1 Å². The number of nitrogens with two attached hydrogens (primary N) is 1. The Kier molecular flexibility index (Phi) is 6.46. The third-order valence-corrected chi connectivity index (χ3v) is 5.66. The SMILES string of the molecule is CC(OC(=O)c1c(-c2ccccc2)c2ccccc2c(=O)n1C)C(=O)Nc1ccccc1C(N)=O. The van der Waals surface area contributed by atoms with Crippen LogP contribution in [0.1, 0.15) is 27.8 Å². The molecule has 0 spiro atoms. The number of hydrogen-bond donors (Lipinski definition) is 2. The average Bonchev–Trinajstić information content (AvgIpc) is 2.86. The second-order valence-electron chi connectivity index (χ2n) is 7.95. The number of aromatic nitrogens is 1. The van der Waals surface area contributed by atoms with Crippen LogP contribution in [0.4, 0.5) is 5.69 Å². The third-order valence-electron chi connectivity index (χ3n) is 5.66. The number of rotatable bonds is 6. The summed E-state index contributed by atoms with van der Waals surface area (Å²) in [6.45, 7) is 1.40. The molecule has 3 N–H and O–H groups in total. The predicted molar refractivity (Wildman–Crippen MR) is 133 cm³/mol. The minimum Gasteiger partial charge on any atom is -0.448 e. The number of fused-ring (bicyclic) bond motifs is 1. The summed E-state index contributed by atoms with van der Waals surface area (Å²) in [6, 6.07) is 22.4. The molecule has 0 radical (unpaired) electrons. The highest BCUT2D eigenvalue weighted by Crippen LogP contribution is 2.31. The molecule has 4 aromatic rings. The van der Waals surface area contributed by atoms with Crippen molar-refractivity contribution >= 4 is 34.2 Å². The summed E-state index contributed by atoms with van der Waals surface area (Å²) in [5, 5.41) is 3.62. The van der Waals surface area contributed by atoms with Gasteiger partial charge in [0.1, 0.15) is 5.69 Å². The van der Waals surface area contributed by atoms with Gasteiger partial charge in [-0.25, -0.2) is 4.79 Å². The van der Waals surface area contributed by atoms with Gasteiger partial charge in [0.05, 0.1) is 11.3 Å². The quantitative estimate of drug-likeness (QED) is 0.419. The monoisotopic (exact) mass is 469 g/mol. The number of amides is 2. The standard InChI is InChI=1S/C27H23N3O5/c1-16(25(32)29-21-15-9-8-14-20(21)24(28)31)35-27(34)23-22(17-10-4-3-5-11-17)18-12-6-7-13-19(18)26(33)30(23)2/h3-16H,1-2H3,(H2,28,31)(H,29,32). The van der Waals surface area contributed by atoms with E-state index in [2.05, 4.69) is 5.32 Å². The van der Waals surface area contributed by atoms with Crippen molar-refractivity contribution in [3.63, 3.8) is 0 Å². The summed E-state index contributed by atoms with van der Waals surface area (Å²) in [4.78, 5) is 50.8. The van der Waals surface area contributed by atoms with E-state index >= 15 is 0 Å². The van der Waals surface area contributed by atoms with Gasteiger partial charge in [-0.3, -0.25) is 14.4 Å². The maximum absolute atomic E-state index is 13.4. The largest absolute Gasteiger partial charge is 0.448 e. The molecule has 2 amide bonds. The molecule has 35 heavy (non-hydrogen) atoms. The maximum Gasteiger partial charge on any atom is 0.356 e. The number of ether oxygens (including phenoxy) is 1. The molecule has 1 aromatic heterocycles. The van der Waals surface area contributed by atoms with E-state index < -0.39 is 23.9 Å². The second-order valence-corrected chi connectivity index (χ2v) is 7.95. The van der Waals surface area contributed by atoms with E-state index in [-0.39, 0.29) is 22.5 Å². The van der Waals surface area contributed by atoms with Crippen molar-refractivity contribution in [2.45, 2.75) is 13.0 Å². The molecule has 1 heterocycles. The highest BCUT2D eigenvalue weighted by atomic mass is 16.5. The van der Waals surface area contributed by atoms with Gasteiger partial charge in [0.2, 0.25) is 0 Å². The van der Waals surface area contributed by atoms with Crippen LogP contribution in [0.2, 0.25) is 0 Å². The van der Waals surface area contributed by atoms with Gasteiger partial charge < -0.3 is 20.4 Å². The summed E-state index contributed by atoms with van der Waals surface area (Å²) in [5.74, 6) is -2.19. The first-order chi connectivity index (χ1) is 16.8. The number of anilines is 1. The van der Waals surface area contributed by atoms with Gasteiger partial charge in [-0.2, -0.15) is 0 Å². The number of nitrogens with zero attached hydrogens (tertiary/aromatic N) is 1. The molecule has 0 saturated carbocycles. The van der Waals surface area contributed by atoms with Gasteiger partial charge in [-0.05, 0) is 36.1 Å². The highest BCUT2D eigenvalue weighted by molar-refractivity contribution is 6.08. The lowest BCUT2D eigenvalue weighted by Crippen LogP contribution is -2.33. The molecule has 8 heteroatoms. The first kappa shape index (κ1) is 23.4. The van der Waals surface area contributed by atoms with Crippen molar-refractivity contribution in [3.05, 3.63) is 100 Å². The number of carbonyl (C=O) groups is 3. The van der Waals surface area contributed by atoms with Crippen LogP contribution in [0.3, 0.4) is 0 Å². The van der Waals surface area contributed by atoms with Crippen LogP contribution in [-0.4, -0.2) is 28.5 Å². The van der Waals surface area contributed by atoms with Crippen LogP contribution >= 0.6 is 0 Å². The minimum absolute atomic E-state index is 0.0251. The summed E-state index contributed by atoms with van der Waals surface area (Å²) in [7, 11) is 1.49. The summed E-state index contributed by atoms with van der Waals surface area (Å²) < 4.78 is 6.73. The molecule has 0 fully saturated rings. The minimum atomic E-state index is -1.23. The van der Waals surface area contributed by atoms with Crippen molar-refractivity contribution in [2.75, 3.05) is 5.32 Å². The van der Waals surface area contributed by atoms with E-state index in [1.807, 2.05) is 30.3 Å². The molecule has 1 unspecified atom stereocenters. The normalized spacial score (nSPS) is 11.6. The van der Waals surface area contributed by atoms with E-state index in [0.29, 0.717) is 16.3 Å². The zero-order chi connectivity index (χ0) is 25.1. The van der Waals surface area contributed by atoms with E-state index in [1.165, 1.54) is 30.7 Å². The van der Waals surface area contributed by atoms with Gasteiger partial charge in [0.25, 0.3) is 17.4 Å². The zero-order valence-corrected chi connectivity index (χ0v) is 19.1. The molecule has 8 nitrogen and oxygen atoms in total. The number of pyridine rings is 1. The maximum atomic E-state index is 13.4. The molecular formula is C27H23N3O5. The Morgan fingerprint density at radius 2 is 1.49 bits per heavy atom. The lowest BCUT2D eigenvalue weighted by molar-refractivity contribution is -0.123. The van der Waals surface area contributed by atoms with Crippen molar-refractivity contribution < 1.29 is 19.1 Å². The van der Waals surface area contributed by atoms with E-state index in [4.69, 9.17) is 10.5 Å². The van der Waals surface area contributed by atoms with Crippen molar-refractivity contribution in [1.82, 2.24) is 4.57 Å². The topological polar surface area (TPSA) is 120 Å². The van der Waals surface area contributed by atoms with E-state index in [0.717, 1.165) is 5.56 Å². The Morgan fingerprint density at radius 1 is 0.886 bits per heavy atom. The fourth-order valence-corrected chi connectivity index (χ4v) is 3.91. The Bertz CT molecular complexity index is 1510. The zero-order valence-electron chi connectivity index (χ0n) is 19.1. The summed E-state index contributed by atoms with van der Waals surface area (Å²) >= 11 is 0. The highest BCUT2D eigenvalue weighted by Gasteiger charge is 2.26. The Hall–Kier alpha value is -4.72. The molecule has 0 bridgehead atoms. The molecule has 0 aliphatic heterocycles. The Labute approximate surface area is 200 Å². The lowest BCUT2D eigenvalue weighted by Gasteiger charge is -2.19. The second kappa shape index (κ2) is 9.64. The Balaban J connectivity index is 1.72. The molecule has 1 atom stereocenters. The van der Waals surface area contributed by atoms with Crippen LogP contribution in [0.5, 0.6) is 0 Å². The number of nitrogens with one attached hydrogen (secondary N) is 1. The smallest absolute Gasteiger partial charge is 0.356 e. The predicted octanol–water partition coefficient (Wildman–Crippen LogP) is 3.49. The molecule has 3 aromatic carbocycles. The molecule has 176 valence electrons. The molecule has 0 saturated heterocycles. The van der Waals surface area contributed by atoms with Crippen molar-refractivity contribution in [2.24, 2.45) is 12.8 Å². The fraction of sp³-hybridized carbons (Fsp3) is 0.111. The summed E-state index contributed by atoms with van der Waals surface area (Å²) in [5.41, 5.74) is 6.61. The number of para-hydroxylation sites is 1. The number of esters is 1. The number of benzene rings is 3. The van der Waals surface area contributed by atoms with Crippen LogP contribution in [-0.2, 0) is 16.6 Å². The van der Waals surface area contributed by atoms with Gasteiger partial charge in [0, 0.05) is 18.0 Å². The number of primary amides is 1. The van der Waals surface area contributed by atoms with Gasteiger partial charge >= 0.3 is 5.97 Å². The first-order valence-electron chi connectivity index (χ1n) is 10.9. The first-order valence-corrected chi connectivity index (χ1v) is 10.9. The van der Waals surface area contributed by atoms with Crippen LogP contribution in [0.25, 0.3) is 21.9 Å². The summed E-state index contributed by atoms with van der Waals surface area (Å²) in [6.07, 6.45) is -1.23. The molecular weight excluding hydrogens is 446 g/mol. The average molecular weight is 469 g/mol. The fourth-order valence-electron chi connectivity index (χ4n) is 3.91. The van der Waals surface area contributed by atoms with E-state index in [9.17, 15) is 19.2 Å². The van der Waals surface area contributed by atoms with Gasteiger partial charge in [-0.1, -0.05) is 60.7 Å². The molecule has 0 aliphatic rings.